The van der Waals surface area contributed by atoms with Crippen LogP contribution in [0.2, 0.25) is 6.04 Å². The molecule has 6 heteroatoms. The second-order valence-corrected chi connectivity index (χ2v) is 5.49. The fourth-order valence-corrected chi connectivity index (χ4v) is 2.64. The van der Waals surface area contributed by atoms with E-state index in [0.29, 0.717) is 12.5 Å². The van der Waals surface area contributed by atoms with Crippen molar-refractivity contribution in [3.8, 4) is 0 Å². The van der Waals surface area contributed by atoms with E-state index in [0.717, 1.165) is 0 Å². The van der Waals surface area contributed by atoms with Crippen molar-refractivity contribution < 1.29 is 18.4 Å². The van der Waals surface area contributed by atoms with Gasteiger partial charge in [0, 0.05) is 27.4 Å². The maximum atomic E-state index is 8.84. The summed E-state index contributed by atoms with van der Waals surface area (Å²) in [6.45, 7) is 0. The van der Waals surface area contributed by atoms with Gasteiger partial charge in [0.1, 0.15) is 6.23 Å². The van der Waals surface area contributed by atoms with Gasteiger partial charge in [0.2, 0.25) is 0 Å². The summed E-state index contributed by atoms with van der Waals surface area (Å²) in [5.74, 6) is 0. The molecule has 0 aliphatic heterocycles. The van der Waals surface area contributed by atoms with Crippen LogP contribution in [0.4, 0.5) is 0 Å². The normalized spacial score (nSPS) is 14.8. The molecular weight excluding hydrogens is 178 g/mol. The fourth-order valence-electron chi connectivity index (χ4n) is 0.881. The minimum absolute atomic E-state index is 0.418. The van der Waals surface area contributed by atoms with Crippen molar-refractivity contribution in [3.05, 3.63) is 0 Å². The monoisotopic (exact) mass is 195 g/mol. The number of aliphatic hydroxyl groups excluding tert-OH is 1. The molecule has 0 aromatic carbocycles. The third-order valence-electron chi connectivity index (χ3n) is 1.68. The van der Waals surface area contributed by atoms with Crippen LogP contribution in [0.15, 0.2) is 0 Å². The van der Waals surface area contributed by atoms with E-state index >= 15 is 0 Å². The van der Waals surface area contributed by atoms with Crippen LogP contribution >= 0.6 is 0 Å². The molecule has 0 heterocycles. The molecule has 0 aliphatic rings. The van der Waals surface area contributed by atoms with Gasteiger partial charge in [-0.05, 0) is 6.42 Å². The zero-order chi connectivity index (χ0) is 9.61. The quantitative estimate of drug-likeness (QED) is 0.443. The molecule has 0 aromatic rings. The smallest absolute Gasteiger partial charge is 0.379 e. The average Bonchev–Trinajstić information content (AvgIpc) is 2.08. The zero-order valence-electron chi connectivity index (χ0n) is 7.74. The van der Waals surface area contributed by atoms with Crippen molar-refractivity contribution in [2.75, 3.05) is 21.3 Å². The van der Waals surface area contributed by atoms with Crippen LogP contribution in [0.3, 0.4) is 0 Å². The molecule has 0 spiro atoms. The molecule has 12 heavy (non-hydrogen) atoms. The molecule has 0 saturated heterocycles. The van der Waals surface area contributed by atoms with Crippen LogP contribution in [0, 0.1) is 0 Å². The maximum absolute atomic E-state index is 8.84. The summed E-state index contributed by atoms with van der Waals surface area (Å²) < 4.78 is 15.3. The van der Waals surface area contributed by atoms with Gasteiger partial charge < -0.3 is 24.1 Å². The molecule has 0 radical (unpaired) electrons. The lowest BCUT2D eigenvalue weighted by Gasteiger charge is -2.24. The van der Waals surface area contributed by atoms with Gasteiger partial charge in [0.05, 0.1) is 0 Å². The van der Waals surface area contributed by atoms with Gasteiger partial charge in [-0.15, -0.1) is 0 Å². The predicted octanol–water partition coefficient (Wildman–Crippen LogP) is -0.468. The van der Waals surface area contributed by atoms with E-state index < -0.39 is 15.0 Å². The van der Waals surface area contributed by atoms with E-state index in [9.17, 15) is 0 Å². The van der Waals surface area contributed by atoms with Gasteiger partial charge in [-0.2, -0.15) is 0 Å². The summed E-state index contributed by atoms with van der Waals surface area (Å²) in [7, 11) is 2.07. The predicted molar refractivity (Wildman–Crippen MR) is 46.4 cm³/mol. The van der Waals surface area contributed by atoms with Gasteiger partial charge in [-0.25, -0.2) is 0 Å². The van der Waals surface area contributed by atoms with Crippen molar-refractivity contribution in [3.63, 3.8) is 0 Å². The third-order valence-corrected chi connectivity index (χ3v) is 4.45. The molecule has 0 amide bonds. The van der Waals surface area contributed by atoms with E-state index in [1.807, 2.05) is 0 Å². The van der Waals surface area contributed by atoms with Gasteiger partial charge in [-0.3, -0.25) is 0 Å². The Labute approximate surface area is 73.8 Å². The van der Waals surface area contributed by atoms with Crippen molar-refractivity contribution >= 4 is 8.80 Å². The Morgan fingerprint density at radius 1 is 1.25 bits per heavy atom. The first-order valence-corrected chi connectivity index (χ1v) is 5.62. The summed E-state index contributed by atoms with van der Waals surface area (Å²) in [4.78, 5) is 0. The Morgan fingerprint density at radius 3 is 1.92 bits per heavy atom. The lowest BCUT2D eigenvalue weighted by molar-refractivity contribution is 0.111. The van der Waals surface area contributed by atoms with E-state index in [4.69, 9.17) is 24.1 Å². The van der Waals surface area contributed by atoms with Crippen LogP contribution < -0.4 is 5.73 Å². The summed E-state index contributed by atoms with van der Waals surface area (Å²) >= 11 is 0. The van der Waals surface area contributed by atoms with Crippen LogP contribution in [-0.4, -0.2) is 41.5 Å². The molecule has 0 aliphatic carbocycles. The van der Waals surface area contributed by atoms with Crippen LogP contribution in [-0.2, 0) is 13.3 Å². The van der Waals surface area contributed by atoms with E-state index in [2.05, 4.69) is 0 Å². The highest BCUT2D eigenvalue weighted by molar-refractivity contribution is 6.60. The second-order valence-electron chi connectivity index (χ2n) is 2.40. The topological polar surface area (TPSA) is 73.9 Å². The second kappa shape index (κ2) is 5.63. The molecule has 3 N–H and O–H groups in total. The third kappa shape index (κ3) is 3.61. The summed E-state index contributed by atoms with van der Waals surface area (Å²) in [6.07, 6.45) is -0.417. The van der Waals surface area contributed by atoms with Crippen LogP contribution in [0.1, 0.15) is 6.42 Å². The van der Waals surface area contributed by atoms with Crippen LogP contribution in [0.25, 0.3) is 0 Å². The average molecular weight is 195 g/mol. The molecule has 74 valence electrons. The van der Waals surface area contributed by atoms with Crippen molar-refractivity contribution in [1.29, 1.82) is 0 Å². The standard InChI is InChI=1S/C6H17NO4Si/c1-9-12(10-2,11-3)5-4-6(7)8/h6,8H,4-5,7H2,1-3H3. The van der Waals surface area contributed by atoms with Crippen molar-refractivity contribution in [2.24, 2.45) is 5.73 Å². The minimum Gasteiger partial charge on any atom is -0.379 e. The molecule has 1 atom stereocenters. The number of hydrogen-bond donors (Lipinski definition) is 2. The molecule has 0 saturated carbocycles. The first kappa shape index (κ1) is 12.0. The lowest BCUT2D eigenvalue weighted by Crippen LogP contribution is -2.43. The van der Waals surface area contributed by atoms with E-state index in [1.165, 1.54) is 21.3 Å². The molecule has 0 fully saturated rings. The molecular formula is C6H17NO4Si. The first-order valence-electron chi connectivity index (χ1n) is 3.69. The maximum Gasteiger partial charge on any atom is 0.500 e. The first-order chi connectivity index (χ1) is 5.60. The van der Waals surface area contributed by atoms with Gasteiger partial charge in [0.25, 0.3) is 0 Å². The van der Waals surface area contributed by atoms with Crippen molar-refractivity contribution in [1.82, 2.24) is 0 Å². The molecule has 0 rings (SSSR count). The number of nitrogens with two attached hydrogens (primary N) is 1. The highest BCUT2D eigenvalue weighted by Gasteiger charge is 2.37. The summed E-state index contributed by atoms with van der Waals surface area (Å²) in [6, 6.07) is 0.522. The van der Waals surface area contributed by atoms with Gasteiger partial charge in [-0.1, -0.05) is 0 Å². The van der Waals surface area contributed by atoms with Gasteiger partial charge >= 0.3 is 8.80 Å². The highest BCUT2D eigenvalue weighted by Crippen LogP contribution is 2.14. The molecule has 0 aromatic heterocycles. The van der Waals surface area contributed by atoms with Crippen LogP contribution in [0.5, 0.6) is 0 Å². The Kier molecular flexibility index (Phi) is 5.63. The van der Waals surface area contributed by atoms with Gasteiger partial charge in [0.15, 0.2) is 0 Å². The molecule has 0 bridgehead atoms. The minimum atomic E-state index is -2.52. The summed E-state index contributed by atoms with van der Waals surface area (Å²) in [5, 5.41) is 8.84. The number of rotatable bonds is 6. The molecule has 5 nitrogen and oxygen atoms in total. The zero-order valence-corrected chi connectivity index (χ0v) is 8.74. The highest BCUT2D eigenvalue weighted by atomic mass is 28.4. The Morgan fingerprint density at radius 2 is 1.67 bits per heavy atom. The lowest BCUT2D eigenvalue weighted by atomic mass is 10.4. The number of aliphatic hydroxyl groups is 1. The Balaban J connectivity index is 3.93. The molecule has 1 unspecified atom stereocenters. The van der Waals surface area contributed by atoms with E-state index in [-0.39, 0.29) is 0 Å². The Hall–Kier alpha value is 0.0169. The van der Waals surface area contributed by atoms with Crippen molar-refractivity contribution in [2.45, 2.75) is 18.7 Å². The fraction of sp³-hybridized carbons (Fsp3) is 1.00. The SMILES string of the molecule is CO[Si](CCC(N)O)(OC)OC. The van der Waals surface area contributed by atoms with E-state index in [1.54, 1.807) is 0 Å². The largest absolute Gasteiger partial charge is 0.500 e. The summed E-state index contributed by atoms with van der Waals surface area (Å²) in [5.41, 5.74) is 5.17. The number of hydrogen-bond acceptors (Lipinski definition) is 5. The Bertz CT molecular complexity index is 110.